The third-order valence-corrected chi connectivity index (χ3v) is 11.8. The molecule has 4 aliphatic carbocycles. The SMILES string of the molecule is CC1=NC2(CC[C@@]3(C)C(C[C@@H](O)C4C3C[C@H](O)[C@@]3(C)C4CC[C@@H]3C(C)CCC(=O)O)C2)NC(N(C)C)=N1. The van der Waals surface area contributed by atoms with Gasteiger partial charge in [-0.05, 0) is 105 Å². The topological polar surface area (TPSA) is 118 Å². The van der Waals surface area contributed by atoms with Crippen molar-refractivity contribution in [2.24, 2.45) is 56.3 Å². The molecule has 4 saturated carbocycles. The molecule has 0 amide bonds. The molecule has 0 aromatic heterocycles. The minimum Gasteiger partial charge on any atom is -0.481 e. The first kappa shape index (κ1) is 26.9. The zero-order chi connectivity index (χ0) is 26.9. The molecule has 0 radical (unpaired) electrons. The smallest absolute Gasteiger partial charge is 0.303 e. The molecule has 4 fully saturated rings. The summed E-state index contributed by atoms with van der Waals surface area (Å²) in [5.41, 5.74) is -0.576. The normalized spacial score (nSPS) is 47.6. The van der Waals surface area contributed by atoms with Crippen LogP contribution >= 0.6 is 0 Å². The number of nitrogens with zero attached hydrogens (tertiary/aromatic N) is 3. The highest BCUT2D eigenvalue weighted by atomic mass is 16.4. The lowest BCUT2D eigenvalue weighted by atomic mass is 9.42. The Hall–Kier alpha value is -1.67. The number of aliphatic hydroxyl groups excluding tert-OH is 2. The standard InChI is InChI=1S/C29H48N4O4/c1-16(7-10-24(36)37)19-8-9-20-25-21(14-23(35)28(19,20)4)27(3)11-12-29(15-18(27)13-22(25)34)31-17(2)30-26(32-29)33(5)6/h16,18-23,25,34-35H,7-15H2,1-6H3,(H,36,37)(H,30,31,32)/t16?,18?,19-,20?,21?,22-,23+,25?,27+,28-,29?/m1/s1. The summed E-state index contributed by atoms with van der Waals surface area (Å²) in [5, 5.41) is 36.4. The number of amidine groups is 1. The van der Waals surface area contributed by atoms with Gasteiger partial charge in [0.1, 0.15) is 11.5 Å². The van der Waals surface area contributed by atoms with Crippen molar-refractivity contribution in [1.29, 1.82) is 0 Å². The Kier molecular flexibility index (Phi) is 6.70. The van der Waals surface area contributed by atoms with Crippen LogP contribution in [0.25, 0.3) is 0 Å². The Morgan fingerprint density at radius 2 is 1.89 bits per heavy atom. The van der Waals surface area contributed by atoms with Crippen molar-refractivity contribution in [1.82, 2.24) is 10.2 Å². The van der Waals surface area contributed by atoms with Crippen molar-refractivity contribution in [3.05, 3.63) is 0 Å². The molecule has 5 rings (SSSR count). The Bertz CT molecular complexity index is 983. The second-order valence-corrected chi connectivity index (χ2v) is 13.9. The van der Waals surface area contributed by atoms with Gasteiger partial charge < -0.3 is 25.5 Å². The van der Waals surface area contributed by atoms with E-state index in [-0.39, 0.29) is 52.7 Å². The maximum Gasteiger partial charge on any atom is 0.303 e. The number of carboxylic acid groups (broad SMARTS) is 1. The largest absolute Gasteiger partial charge is 0.481 e. The first-order valence-electron chi connectivity index (χ1n) is 14.5. The van der Waals surface area contributed by atoms with Gasteiger partial charge in [-0.3, -0.25) is 4.79 Å². The summed E-state index contributed by atoms with van der Waals surface area (Å²) in [6.07, 6.45) is 6.41. The number of rotatable bonds is 4. The van der Waals surface area contributed by atoms with Crippen LogP contribution in [0.1, 0.15) is 85.5 Å². The third-order valence-electron chi connectivity index (χ3n) is 11.8. The number of carboxylic acids is 1. The Balaban J connectivity index is 1.39. The number of hydrogen-bond donors (Lipinski definition) is 4. The Morgan fingerprint density at radius 3 is 2.57 bits per heavy atom. The van der Waals surface area contributed by atoms with E-state index in [1.807, 2.05) is 25.9 Å². The molecule has 1 aliphatic heterocycles. The van der Waals surface area contributed by atoms with E-state index in [4.69, 9.17) is 4.99 Å². The molecule has 8 nitrogen and oxygen atoms in total. The molecule has 1 heterocycles. The molecule has 11 atom stereocenters. The van der Waals surface area contributed by atoms with Gasteiger partial charge in [0.15, 0.2) is 0 Å². The second kappa shape index (κ2) is 9.22. The van der Waals surface area contributed by atoms with Crippen molar-refractivity contribution in [2.45, 2.75) is 103 Å². The lowest BCUT2D eigenvalue weighted by molar-refractivity contribution is -0.205. The molecule has 0 aromatic carbocycles. The zero-order valence-corrected chi connectivity index (χ0v) is 23.6. The summed E-state index contributed by atoms with van der Waals surface area (Å²) in [6.45, 7) is 8.81. The minimum atomic E-state index is -0.747. The lowest BCUT2D eigenvalue weighted by Gasteiger charge is -2.64. The van der Waals surface area contributed by atoms with E-state index in [1.54, 1.807) is 0 Å². The third kappa shape index (κ3) is 4.21. The van der Waals surface area contributed by atoms with E-state index in [9.17, 15) is 20.1 Å². The molecule has 8 heteroatoms. The first-order valence-corrected chi connectivity index (χ1v) is 14.5. The van der Waals surface area contributed by atoms with Crippen LogP contribution in [0.2, 0.25) is 0 Å². The molecule has 5 aliphatic rings. The van der Waals surface area contributed by atoms with Crippen molar-refractivity contribution < 1.29 is 20.1 Å². The number of carbonyl (C=O) groups is 1. The average molecular weight is 517 g/mol. The average Bonchev–Trinajstić information content (AvgIpc) is 3.17. The van der Waals surface area contributed by atoms with Gasteiger partial charge in [-0.15, -0.1) is 0 Å². The molecule has 0 aromatic rings. The van der Waals surface area contributed by atoms with E-state index >= 15 is 0 Å². The maximum atomic E-state index is 11.8. The monoisotopic (exact) mass is 516 g/mol. The minimum absolute atomic E-state index is 0.0580. The number of aliphatic carboxylic acids is 1. The van der Waals surface area contributed by atoms with E-state index in [2.05, 4.69) is 31.1 Å². The fraction of sp³-hybridized carbons (Fsp3) is 0.897. The summed E-state index contributed by atoms with van der Waals surface area (Å²) in [7, 11) is 4.00. The Morgan fingerprint density at radius 1 is 1.16 bits per heavy atom. The molecule has 1 spiro atoms. The number of hydrogen-bond acceptors (Lipinski definition) is 7. The van der Waals surface area contributed by atoms with Crippen molar-refractivity contribution in [2.75, 3.05) is 14.1 Å². The maximum absolute atomic E-state index is 11.8. The van der Waals surface area contributed by atoms with Gasteiger partial charge in [-0.1, -0.05) is 20.8 Å². The van der Waals surface area contributed by atoms with Gasteiger partial charge in [0.2, 0.25) is 5.96 Å². The van der Waals surface area contributed by atoms with Gasteiger partial charge in [-0.25, -0.2) is 9.98 Å². The second-order valence-electron chi connectivity index (χ2n) is 13.9. The number of guanidine groups is 1. The van der Waals surface area contributed by atoms with Crippen LogP contribution < -0.4 is 5.32 Å². The summed E-state index contributed by atoms with van der Waals surface area (Å²) >= 11 is 0. The summed E-state index contributed by atoms with van der Waals surface area (Å²) in [5.74, 6) is 2.55. The molecule has 0 saturated heterocycles. The number of fused-ring (bicyclic) bond motifs is 5. The van der Waals surface area contributed by atoms with Crippen LogP contribution in [0, 0.1) is 46.3 Å². The summed E-state index contributed by atoms with van der Waals surface area (Å²) < 4.78 is 0. The molecule has 37 heavy (non-hydrogen) atoms. The molecular weight excluding hydrogens is 468 g/mol. The van der Waals surface area contributed by atoms with E-state index in [0.717, 1.165) is 56.7 Å². The van der Waals surface area contributed by atoms with Gasteiger partial charge in [0.25, 0.3) is 0 Å². The van der Waals surface area contributed by atoms with E-state index < -0.39 is 12.1 Å². The molecular formula is C29H48N4O4. The van der Waals surface area contributed by atoms with Crippen molar-refractivity contribution in [3.8, 4) is 0 Å². The predicted molar refractivity (Wildman–Crippen MR) is 144 cm³/mol. The Labute approximate surface area is 222 Å². The highest BCUT2D eigenvalue weighted by Gasteiger charge is 2.66. The first-order chi connectivity index (χ1) is 17.3. The molecule has 4 N–H and O–H groups in total. The van der Waals surface area contributed by atoms with E-state index in [1.165, 1.54) is 0 Å². The molecule has 0 bridgehead atoms. The molecule has 6 unspecified atom stereocenters. The molecule has 208 valence electrons. The van der Waals surface area contributed by atoms with Gasteiger partial charge in [0, 0.05) is 20.5 Å². The number of aliphatic imine (C=N–C) groups is 2. The summed E-state index contributed by atoms with van der Waals surface area (Å²) in [6, 6.07) is 0. The van der Waals surface area contributed by atoms with Gasteiger partial charge in [-0.2, -0.15) is 0 Å². The zero-order valence-electron chi connectivity index (χ0n) is 23.6. The summed E-state index contributed by atoms with van der Waals surface area (Å²) in [4.78, 5) is 22.8. The highest BCUT2D eigenvalue weighted by molar-refractivity contribution is 5.97. The van der Waals surface area contributed by atoms with Crippen LogP contribution in [0.3, 0.4) is 0 Å². The van der Waals surface area contributed by atoms with Crippen molar-refractivity contribution in [3.63, 3.8) is 0 Å². The van der Waals surface area contributed by atoms with Crippen LogP contribution in [-0.4, -0.2) is 70.0 Å². The highest BCUT2D eigenvalue weighted by Crippen LogP contribution is 2.69. The number of nitrogens with one attached hydrogen (secondary N) is 1. The fourth-order valence-electron chi connectivity index (χ4n) is 9.88. The quantitative estimate of drug-likeness (QED) is 0.452. The lowest BCUT2D eigenvalue weighted by Crippen LogP contribution is -2.65. The van der Waals surface area contributed by atoms with E-state index in [0.29, 0.717) is 18.3 Å². The fourth-order valence-corrected chi connectivity index (χ4v) is 9.88. The number of aliphatic hydroxyl groups is 2. The van der Waals surface area contributed by atoms with Crippen LogP contribution in [0.4, 0.5) is 0 Å². The predicted octanol–water partition coefficient (Wildman–Crippen LogP) is 3.72. The van der Waals surface area contributed by atoms with Crippen LogP contribution in [0.15, 0.2) is 9.98 Å². The van der Waals surface area contributed by atoms with Crippen LogP contribution in [-0.2, 0) is 4.79 Å². The van der Waals surface area contributed by atoms with Crippen molar-refractivity contribution >= 4 is 17.8 Å². The van der Waals surface area contributed by atoms with Gasteiger partial charge in [0.05, 0.1) is 12.2 Å². The van der Waals surface area contributed by atoms with Crippen LogP contribution in [0.5, 0.6) is 0 Å². The van der Waals surface area contributed by atoms with Gasteiger partial charge >= 0.3 is 5.97 Å².